The van der Waals surface area contributed by atoms with E-state index in [9.17, 15) is 14.4 Å². The summed E-state index contributed by atoms with van der Waals surface area (Å²) in [7, 11) is 3.59. The van der Waals surface area contributed by atoms with Crippen LogP contribution in [0.25, 0.3) is 0 Å². The van der Waals surface area contributed by atoms with Gasteiger partial charge in [0.25, 0.3) is 0 Å². The van der Waals surface area contributed by atoms with Crippen LogP contribution in [0.3, 0.4) is 0 Å². The van der Waals surface area contributed by atoms with Gasteiger partial charge in [0.15, 0.2) is 0 Å². The molecule has 1 saturated heterocycles. The van der Waals surface area contributed by atoms with Crippen molar-refractivity contribution in [3.05, 3.63) is 11.6 Å². The van der Waals surface area contributed by atoms with Crippen LogP contribution in [0.1, 0.15) is 74.1 Å². The molecular weight excluding hydrogens is 394 g/mol. The summed E-state index contributed by atoms with van der Waals surface area (Å²) in [5.74, 6) is -0.729. The quantitative estimate of drug-likeness (QED) is 0.592. The SMILES string of the molecule is CCC.CCC1CCC(C(=O)NC(C(=O)N(C)C/C=C(\C)C(=O)O)C(C)(C)C)N(C)C1. The lowest BCUT2D eigenvalue weighted by Crippen LogP contribution is -2.58. The largest absolute Gasteiger partial charge is 0.478 e. The Morgan fingerprint density at radius 1 is 1.19 bits per heavy atom. The number of piperidine rings is 1. The zero-order valence-corrected chi connectivity index (χ0v) is 21.1. The molecule has 1 aliphatic rings. The summed E-state index contributed by atoms with van der Waals surface area (Å²) in [6.07, 6.45) is 5.67. The zero-order valence-electron chi connectivity index (χ0n) is 21.1. The minimum absolute atomic E-state index is 0.115. The molecule has 0 spiro atoms. The van der Waals surface area contributed by atoms with Gasteiger partial charge in [0.05, 0.1) is 6.04 Å². The third-order valence-corrected chi connectivity index (χ3v) is 5.59. The van der Waals surface area contributed by atoms with E-state index in [1.54, 1.807) is 7.05 Å². The van der Waals surface area contributed by atoms with E-state index in [4.69, 9.17) is 5.11 Å². The Kier molecular flexibility index (Phi) is 12.7. The van der Waals surface area contributed by atoms with Gasteiger partial charge in [0, 0.05) is 25.7 Å². The van der Waals surface area contributed by atoms with Crippen molar-refractivity contribution in [1.29, 1.82) is 0 Å². The van der Waals surface area contributed by atoms with Crippen molar-refractivity contribution < 1.29 is 19.5 Å². The fraction of sp³-hybridized carbons (Fsp3) is 0.792. The highest BCUT2D eigenvalue weighted by Gasteiger charge is 2.38. The number of rotatable bonds is 7. The van der Waals surface area contributed by atoms with Crippen LogP contribution < -0.4 is 5.32 Å². The minimum atomic E-state index is -1.01. The summed E-state index contributed by atoms with van der Waals surface area (Å²) in [6, 6.07) is -0.902. The van der Waals surface area contributed by atoms with Crippen LogP contribution in [0.15, 0.2) is 11.6 Å². The number of hydrogen-bond donors (Lipinski definition) is 2. The van der Waals surface area contributed by atoms with Gasteiger partial charge in [-0.05, 0) is 38.1 Å². The Morgan fingerprint density at radius 3 is 2.16 bits per heavy atom. The molecule has 180 valence electrons. The van der Waals surface area contributed by atoms with Gasteiger partial charge >= 0.3 is 5.97 Å². The highest BCUT2D eigenvalue weighted by Crippen LogP contribution is 2.25. The molecule has 7 heteroatoms. The lowest BCUT2D eigenvalue weighted by atomic mass is 9.85. The number of carbonyl (C=O) groups excluding carboxylic acids is 2. The maximum Gasteiger partial charge on any atom is 0.331 e. The summed E-state index contributed by atoms with van der Waals surface area (Å²) in [6.45, 7) is 14.7. The Balaban J connectivity index is 0.00000282. The van der Waals surface area contributed by atoms with E-state index in [0.29, 0.717) is 5.92 Å². The van der Waals surface area contributed by atoms with E-state index < -0.39 is 17.4 Å². The first-order chi connectivity index (χ1) is 14.3. The number of nitrogens with zero attached hydrogens (tertiary/aromatic N) is 2. The summed E-state index contributed by atoms with van der Waals surface area (Å²) >= 11 is 0. The second-order valence-corrected chi connectivity index (χ2v) is 9.73. The molecule has 2 N–H and O–H groups in total. The fourth-order valence-electron chi connectivity index (χ4n) is 3.46. The van der Waals surface area contributed by atoms with Crippen molar-refractivity contribution in [3.63, 3.8) is 0 Å². The molecule has 3 atom stereocenters. The number of carboxylic acid groups (broad SMARTS) is 1. The molecule has 0 bridgehead atoms. The van der Waals surface area contributed by atoms with Crippen LogP contribution in [0.5, 0.6) is 0 Å². The highest BCUT2D eigenvalue weighted by atomic mass is 16.4. The monoisotopic (exact) mass is 439 g/mol. The highest BCUT2D eigenvalue weighted by molar-refractivity contribution is 5.90. The molecule has 2 amide bonds. The molecule has 31 heavy (non-hydrogen) atoms. The van der Waals surface area contributed by atoms with Crippen molar-refractivity contribution in [1.82, 2.24) is 15.1 Å². The number of amides is 2. The van der Waals surface area contributed by atoms with Gasteiger partial charge in [-0.1, -0.05) is 60.5 Å². The maximum atomic E-state index is 13.0. The van der Waals surface area contributed by atoms with Gasteiger partial charge in [-0.2, -0.15) is 0 Å². The number of likely N-dealkylation sites (tertiary alicyclic amines) is 1. The first kappa shape index (κ1) is 29.1. The number of likely N-dealkylation sites (N-methyl/N-ethyl adjacent to an activating group) is 2. The zero-order chi connectivity index (χ0) is 24.4. The molecule has 0 aromatic carbocycles. The standard InChI is InChI=1S/C21H37N3O4.C3H8/c1-8-15-9-10-16(24(7)13-15)18(25)22-17(21(3,4)5)19(26)23(6)12-11-14(2)20(27)28;1-3-2/h11,15-17H,8-10,12-13H2,1-7H3,(H,22,25)(H,27,28);3H2,1-2H3/b14-11+;. The van der Waals surface area contributed by atoms with E-state index in [-0.39, 0.29) is 30.0 Å². The van der Waals surface area contributed by atoms with Gasteiger partial charge < -0.3 is 15.3 Å². The molecule has 1 rings (SSSR count). The van der Waals surface area contributed by atoms with Crippen molar-refractivity contribution in [2.45, 2.75) is 86.2 Å². The maximum absolute atomic E-state index is 13.0. The normalized spacial score (nSPS) is 20.9. The summed E-state index contributed by atoms with van der Waals surface area (Å²) < 4.78 is 0. The van der Waals surface area contributed by atoms with Crippen LogP contribution >= 0.6 is 0 Å². The average Bonchev–Trinajstić information content (AvgIpc) is 2.68. The minimum Gasteiger partial charge on any atom is -0.478 e. The lowest BCUT2D eigenvalue weighted by molar-refractivity contribution is -0.140. The summed E-state index contributed by atoms with van der Waals surface area (Å²) in [5.41, 5.74) is -0.281. The predicted octanol–water partition coefficient (Wildman–Crippen LogP) is 3.54. The summed E-state index contributed by atoms with van der Waals surface area (Å²) in [4.78, 5) is 40.4. The molecule has 0 aliphatic carbocycles. The van der Waals surface area contributed by atoms with Crippen LogP contribution in [-0.2, 0) is 14.4 Å². The number of nitrogens with one attached hydrogen (secondary N) is 1. The first-order valence-corrected chi connectivity index (χ1v) is 11.5. The predicted molar refractivity (Wildman–Crippen MR) is 126 cm³/mol. The van der Waals surface area contributed by atoms with Crippen molar-refractivity contribution in [2.24, 2.45) is 11.3 Å². The number of carboxylic acids is 1. The van der Waals surface area contributed by atoms with E-state index in [1.165, 1.54) is 24.3 Å². The molecule has 0 aromatic rings. The first-order valence-electron chi connectivity index (χ1n) is 11.5. The molecule has 0 saturated carbocycles. The lowest BCUT2D eigenvalue weighted by Gasteiger charge is -2.39. The summed E-state index contributed by atoms with van der Waals surface area (Å²) in [5, 5.41) is 11.9. The topological polar surface area (TPSA) is 90.0 Å². The Morgan fingerprint density at radius 2 is 1.74 bits per heavy atom. The van der Waals surface area contributed by atoms with E-state index in [2.05, 4.69) is 31.0 Å². The number of carbonyl (C=O) groups is 3. The second kappa shape index (κ2) is 13.5. The third-order valence-electron chi connectivity index (χ3n) is 5.59. The molecule has 1 fully saturated rings. The van der Waals surface area contributed by atoms with Gasteiger partial charge in [0.2, 0.25) is 11.8 Å². The van der Waals surface area contributed by atoms with Gasteiger partial charge in [-0.25, -0.2) is 4.79 Å². The molecule has 0 radical (unpaired) electrons. The van der Waals surface area contributed by atoms with Crippen LogP contribution in [-0.4, -0.2) is 72.0 Å². The smallest absolute Gasteiger partial charge is 0.331 e. The Labute approximate surface area is 189 Å². The van der Waals surface area contributed by atoms with Crippen molar-refractivity contribution in [2.75, 3.05) is 27.2 Å². The van der Waals surface area contributed by atoms with E-state index in [1.807, 2.05) is 27.8 Å². The van der Waals surface area contributed by atoms with Crippen molar-refractivity contribution >= 4 is 17.8 Å². The Hall–Kier alpha value is -1.89. The number of aliphatic carboxylic acids is 1. The van der Waals surface area contributed by atoms with E-state index >= 15 is 0 Å². The molecule has 0 aromatic heterocycles. The van der Waals surface area contributed by atoms with Crippen LogP contribution in [0.4, 0.5) is 0 Å². The second-order valence-electron chi connectivity index (χ2n) is 9.73. The fourth-order valence-corrected chi connectivity index (χ4v) is 3.46. The molecule has 1 aliphatic heterocycles. The molecule has 7 nitrogen and oxygen atoms in total. The average molecular weight is 440 g/mol. The van der Waals surface area contributed by atoms with Crippen LogP contribution in [0, 0.1) is 11.3 Å². The van der Waals surface area contributed by atoms with Crippen LogP contribution in [0.2, 0.25) is 0 Å². The molecule has 1 heterocycles. The molecular formula is C24H45N3O4. The molecule has 3 unspecified atom stereocenters. The Bertz CT molecular complexity index is 625. The van der Waals surface area contributed by atoms with Gasteiger partial charge in [-0.15, -0.1) is 0 Å². The van der Waals surface area contributed by atoms with Crippen molar-refractivity contribution in [3.8, 4) is 0 Å². The van der Waals surface area contributed by atoms with Gasteiger partial charge in [-0.3, -0.25) is 14.5 Å². The third kappa shape index (κ3) is 9.85. The van der Waals surface area contributed by atoms with E-state index in [0.717, 1.165) is 25.8 Å². The number of hydrogen-bond acceptors (Lipinski definition) is 4. The van der Waals surface area contributed by atoms with Gasteiger partial charge in [0.1, 0.15) is 6.04 Å².